The fourth-order valence-corrected chi connectivity index (χ4v) is 1.58. The number of nitrogens with zero attached hydrogens (tertiary/aromatic N) is 1. The van der Waals surface area contributed by atoms with Crippen LogP contribution in [0.2, 0.25) is 0 Å². The monoisotopic (exact) mass is 345 g/mol. The molecule has 0 spiro atoms. The van der Waals surface area contributed by atoms with Crippen LogP contribution < -0.4 is 10.6 Å². The molecule has 2 N–H and O–H groups in total. The van der Waals surface area contributed by atoms with Crippen LogP contribution in [0.4, 0.5) is 9.59 Å². The lowest BCUT2D eigenvalue weighted by molar-refractivity contribution is 0.135. The molecule has 0 aliphatic heterocycles. The molecule has 0 saturated heterocycles. The zero-order chi connectivity index (χ0) is 15.0. The highest BCUT2D eigenvalue weighted by molar-refractivity contribution is 9.10. The second-order valence-electron chi connectivity index (χ2n) is 3.58. The van der Waals surface area contributed by atoms with Gasteiger partial charge in [0.05, 0.1) is 13.2 Å². The Bertz CT molecular complexity index is 433. The highest BCUT2D eigenvalue weighted by Crippen LogP contribution is 2.13. The highest BCUT2D eigenvalue weighted by Gasteiger charge is 2.18. The van der Waals surface area contributed by atoms with Crippen molar-refractivity contribution in [3.63, 3.8) is 0 Å². The van der Waals surface area contributed by atoms with E-state index in [1.165, 1.54) is 6.20 Å². The van der Waals surface area contributed by atoms with Gasteiger partial charge in [-0.25, -0.2) is 14.6 Å². The number of ether oxygens (including phenoxy) is 2. The second kappa shape index (κ2) is 8.36. The van der Waals surface area contributed by atoms with Crippen LogP contribution >= 0.6 is 15.9 Å². The van der Waals surface area contributed by atoms with E-state index in [1.807, 2.05) is 0 Å². The van der Waals surface area contributed by atoms with Gasteiger partial charge in [0.15, 0.2) is 0 Å². The first kappa shape index (κ1) is 16.2. The molecule has 0 aliphatic rings. The van der Waals surface area contributed by atoms with Crippen LogP contribution in [0, 0.1) is 0 Å². The molecule has 1 aromatic heterocycles. The number of alkyl carbamates (subject to hydrolysis) is 2. The Morgan fingerprint density at radius 1 is 1.20 bits per heavy atom. The van der Waals surface area contributed by atoms with Crippen LogP contribution in [0.1, 0.15) is 25.6 Å². The quantitative estimate of drug-likeness (QED) is 0.631. The number of aromatic nitrogens is 1. The topological polar surface area (TPSA) is 89.6 Å². The van der Waals surface area contributed by atoms with Crippen LogP contribution in [0.15, 0.2) is 22.9 Å². The summed E-state index contributed by atoms with van der Waals surface area (Å²) >= 11 is 3.21. The number of amides is 2. The lowest BCUT2D eigenvalue weighted by Crippen LogP contribution is -2.41. The fourth-order valence-electron chi connectivity index (χ4n) is 1.34. The maximum atomic E-state index is 11.5. The molecular formula is C12H16BrN3O4. The van der Waals surface area contributed by atoms with Crippen LogP contribution in [0.25, 0.3) is 0 Å². The van der Waals surface area contributed by atoms with E-state index in [0.717, 1.165) is 0 Å². The average Bonchev–Trinajstić information content (AvgIpc) is 2.39. The molecule has 0 bridgehead atoms. The van der Waals surface area contributed by atoms with Gasteiger partial charge in [-0.1, -0.05) is 6.07 Å². The number of hydrogen-bond donors (Lipinski definition) is 2. The first-order valence-electron chi connectivity index (χ1n) is 6.04. The van der Waals surface area contributed by atoms with E-state index < -0.39 is 18.4 Å². The Morgan fingerprint density at radius 2 is 1.75 bits per heavy atom. The Kier molecular flexibility index (Phi) is 6.78. The van der Waals surface area contributed by atoms with Crippen molar-refractivity contribution in [1.29, 1.82) is 0 Å². The predicted molar refractivity (Wildman–Crippen MR) is 75.0 cm³/mol. The minimum absolute atomic E-state index is 0.233. The number of nitrogens with one attached hydrogen (secondary N) is 2. The molecule has 0 aromatic carbocycles. The molecule has 0 fully saturated rings. The van der Waals surface area contributed by atoms with E-state index in [-0.39, 0.29) is 13.2 Å². The minimum Gasteiger partial charge on any atom is -0.450 e. The van der Waals surface area contributed by atoms with E-state index >= 15 is 0 Å². The van der Waals surface area contributed by atoms with Gasteiger partial charge in [-0.05, 0) is 35.8 Å². The zero-order valence-corrected chi connectivity index (χ0v) is 12.8. The first-order valence-corrected chi connectivity index (χ1v) is 6.84. The van der Waals surface area contributed by atoms with Gasteiger partial charge in [-0.15, -0.1) is 0 Å². The first-order chi connectivity index (χ1) is 9.56. The lowest BCUT2D eigenvalue weighted by Gasteiger charge is -2.19. The van der Waals surface area contributed by atoms with Gasteiger partial charge in [-0.3, -0.25) is 10.6 Å². The molecule has 0 saturated carbocycles. The number of carbonyl (C=O) groups is 2. The Hall–Kier alpha value is -1.83. The van der Waals surface area contributed by atoms with Crippen LogP contribution in [-0.4, -0.2) is 30.4 Å². The maximum absolute atomic E-state index is 11.5. The van der Waals surface area contributed by atoms with E-state index in [1.54, 1.807) is 26.0 Å². The molecule has 20 heavy (non-hydrogen) atoms. The largest absolute Gasteiger partial charge is 0.450 e. The Labute approximate surface area is 125 Å². The number of halogens is 1. The predicted octanol–water partition coefficient (Wildman–Crippen LogP) is 2.33. The third-order valence-corrected chi connectivity index (χ3v) is 2.63. The normalized spacial score (nSPS) is 10.0. The second-order valence-corrected chi connectivity index (χ2v) is 4.39. The van der Waals surface area contributed by atoms with E-state index in [9.17, 15) is 9.59 Å². The summed E-state index contributed by atoms with van der Waals surface area (Å²) in [5, 5.41) is 5.03. The van der Waals surface area contributed by atoms with Crippen LogP contribution in [0.5, 0.6) is 0 Å². The van der Waals surface area contributed by atoms with Crippen molar-refractivity contribution in [3.8, 4) is 0 Å². The maximum Gasteiger partial charge on any atom is 0.409 e. The van der Waals surface area contributed by atoms with Crippen molar-refractivity contribution < 1.29 is 19.1 Å². The van der Waals surface area contributed by atoms with Gasteiger partial charge >= 0.3 is 12.2 Å². The molecule has 1 heterocycles. The van der Waals surface area contributed by atoms with Gasteiger partial charge in [0.25, 0.3) is 0 Å². The van der Waals surface area contributed by atoms with Crippen molar-refractivity contribution in [2.24, 2.45) is 0 Å². The van der Waals surface area contributed by atoms with Crippen molar-refractivity contribution in [1.82, 2.24) is 15.6 Å². The fraction of sp³-hybridized carbons (Fsp3) is 0.417. The minimum atomic E-state index is -0.784. The van der Waals surface area contributed by atoms with Gasteiger partial charge < -0.3 is 9.47 Å². The van der Waals surface area contributed by atoms with Crippen molar-refractivity contribution >= 4 is 28.1 Å². The summed E-state index contributed by atoms with van der Waals surface area (Å²) in [6.45, 7) is 3.84. The number of carbonyl (C=O) groups excluding carboxylic acids is 2. The molecule has 0 aliphatic carbocycles. The summed E-state index contributed by atoms with van der Waals surface area (Å²) in [5.41, 5.74) is 0.592. The number of rotatable bonds is 5. The molecule has 1 aromatic rings. The number of hydrogen-bond acceptors (Lipinski definition) is 5. The van der Waals surface area contributed by atoms with Gasteiger partial charge in [0.1, 0.15) is 10.8 Å². The van der Waals surface area contributed by atoms with Crippen molar-refractivity contribution in [2.75, 3.05) is 13.2 Å². The molecule has 2 amide bonds. The third-order valence-electron chi connectivity index (χ3n) is 2.16. The van der Waals surface area contributed by atoms with E-state index in [0.29, 0.717) is 10.2 Å². The van der Waals surface area contributed by atoms with Gasteiger partial charge in [-0.2, -0.15) is 0 Å². The summed E-state index contributed by atoms with van der Waals surface area (Å²) in [4.78, 5) is 27.0. The van der Waals surface area contributed by atoms with Crippen LogP contribution in [0.3, 0.4) is 0 Å². The van der Waals surface area contributed by atoms with Gasteiger partial charge in [0.2, 0.25) is 0 Å². The van der Waals surface area contributed by atoms with E-state index in [4.69, 9.17) is 9.47 Å². The molecule has 0 atom stereocenters. The SMILES string of the molecule is CCOC(=O)NC(NC(=O)OCC)c1ccc(Br)nc1. The summed E-state index contributed by atoms with van der Waals surface area (Å²) in [7, 11) is 0. The molecule has 8 heteroatoms. The van der Waals surface area contributed by atoms with Crippen molar-refractivity contribution in [3.05, 3.63) is 28.5 Å². The number of pyridine rings is 1. The third kappa shape index (κ3) is 5.43. The Balaban J connectivity index is 2.80. The standard InChI is InChI=1S/C12H16BrN3O4/c1-3-19-11(17)15-10(16-12(18)20-4-2)8-5-6-9(13)14-7-8/h5-7,10H,3-4H2,1-2H3,(H,15,17)(H,16,18). The molecule has 0 radical (unpaired) electrons. The summed E-state index contributed by atoms with van der Waals surface area (Å²) in [6.07, 6.45) is -0.546. The van der Waals surface area contributed by atoms with E-state index in [2.05, 4.69) is 31.5 Å². The summed E-state index contributed by atoms with van der Waals surface area (Å²) in [5.74, 6) is 0. The molecule has 1 rings (SSSR count). The zero-order valence-electron chi connectivity index (χ0n) is 11.2. The summed E-state index contributed by atoms with van der Waals surface area (Å²) in [6, 6.07) is 3.40. The van der Waals surface area contributed by atoms with Gasteiger partial charge in [0, 0.05) is 11.8 Å². The molecule has 7 nitrogen and oxygen atoms in total. The highest BCUT2D eigenvalue weighted by atomic mass is 79.9. The van der Waals surface area contributed by atoms with Crippen molar-refractivity contribution in [2.45, 2.75) is 20.0 Å². The molecule has 0 unspecified atom stereocenters. The lowest BCUT2D eigenvalue weighted by atomic mass is 10.2. The average molecular weight is 346 g/mol. The van der Waals surface area contributed by atoms with Crippen LogP contribution in [-0.2, 0) is 9.47 Å². The molecular weight excluding hydrogens is 330 g/mol. The smallest absolute Gasteiger partial charge is 0.409 e. The Morgan fingerprint density at radius 3 is 2.15 bits per heavy atom. The summed E-state index contributed by atoms with van der Waals surface area (Å²) < 4.78 is 10.2. The molecule has 110 valence electrons.